The zero-order chi connectivity index (χ0) is 16.8. The second-order valence-corrected chi connectivity index (χ2v) is 8.84. The lowest BCUT2D eigenvalue weighted by atomic mass is 9.91. The average molecular weight is 318 g/mol. The summed E-state index contributed by atoms with van der Waals surface area (Å²) in [6.07, 6.45) is 4.18. The van der Waals surface area contributed by atoms with Crippen molar-refractivity contribution < 1.29 is 19.1 Å². The van der Waals surface area contributed by atoms with Gasteiger partial charge in [-0.3, -0.25) is 9.59 Å². The Morgan fingerprint density at radius 2 is 1.91 bits per heavy atom. The summed E-state index contributed by atoms with van der Waals surface area (Å²) < 4.78 is 11.7. The molecule has 1 heterocycles. The number of rotatable bonds is 4. The van der Waals surface area contributed by atoms with E-state index in [0.717, 1.165) is 12.8 Å². The molecule has 126 valence electrons. The van der Waals surface area contributed by atoms with Gasteiger partial charge in [-0.15, -0.1) is 0 Å². The normalized spacial score (nSPS) is 46.1. The Kier molecular flexibility index (Phi) is 2.85. The van der Waals surface area contributed by atoms with E-state index in [4.69, 9.17) is 9.47 Å². The van der Waals surface area contributed by atoms with Crippen LogP contribution in [0.15, 0.2) is 11.6 Å². The van der Waals surface area contributed by atoms with E-state index in [9.17, 15) is 9.59 Å². The number of ether oxygens (including phenoxy) is 2. The van der Waals surface area contributed by atoms with Gasteiger partial charge in [-0.05, 0) is 50.9 Å². The molecule has 4 aliphatic rings. The fourth-order valence-electron chi connectivity index (χ4n) is 4.83. The average Bonchev–Trinajstić information content (AvgIpc) is 3.30. The molecule has 0 aromatic heterocycles. The minimum absolute atomic E-state index is 0.0597. The van der Waals surface area contributed by atoms with Gasteiger partial charge in [-0.2, -0.15) is 0 Å². The number of hydrogen-bond acceptors (Lipinski definition) is 4. The van der Waals surface area contributed by atoms with Gasteiger partial charge in [0.2, 0.25) is 0 Å². The van der Waals surface area contributed by atoms with Crippen molar-refractivity contribution in [1.82, 2.24) is 0 Å². The number of esters is 1. The van der Waals surface area contributed by atoms with Gasteiger partial charge in [-0.1, -0.05) is 25.5 Å². The van der Waals surface area contributed by atoms with E-state index in [1.54, 1.807) is 0 Å². The van der Waals surface area contributed by atoms with Gasteiger partial charge in [0.1, 0.15) is 11.7 Å². The Balaban J connectivity index is 1.47. The molecule has 0 N–H and O–H groups in total. The van der Waals surface area contributed by atoms with E-state index < -0.39 is 17.3 Å². The molecule has 4 heteroatoms. The van der Waals surface area contributed by atoms with Crippen LogP contribution in [-0.4, -0.2) is 29.1 Å². The summed E-state index contributed by atoms with van der Waals surface area (Å²) in [4.78, 5) is 25.1. The first kappa shape index (κ1) is 15.4. The van der Waals surface area contributed by atoms with Crippen molar-refractivity contribution in [3.05, 3.63) is 11.6 Å². The first-order chi connectivity index (χ1) is 10.6. The van der Waals surface area contributed by atoms with Crippen molar-refractivity contribution in [2.24, 2.45) is 23.2 Å². The summed E-state index contributed by atoms with van der Waals surface area (Å²) in [6.45, 7) is 10.3. The maximum Gasteiger partial charge on any atom is 0.310 e. The first-order valence-corrected chi connectivity index (χ1v) is 8.73. The molecule has 23 heavy (non-hydrogen) atoms. The molecule has 1 saturated heterocycles. The second kappa shape index (κ2) is 4.27. The topological polar surface area (TPSA) is 55.9 Å². The van der Waals surface area contributed by atoms with Crippen LogP contribution in [0.3, 0.4) is 0 Å². The van der Waals surface area contributed by atoms with Crippen molar-refractivity contribution in [2.45, 2.75) is 71.2 Å². The number of ketones is 1. The molecule has 3 saturated carbocycles. The molecule has 0 amide bonds. The van der Waals surface area contributed by atoms with Gasteiger partial charge in [0.15, 0.2) is 11.4 Å². The van der Waals surface area contributed by atoms with E-state index in [1.165, 1.54) is 5.57 Å². The SMILES string of the molecule is CC(C)=CC1C(C(=O)OC2CC(=O)C3(C4CC4)OC23C)C1(C)C. The van der Waals surface area contributed by atoms with Crippen molar-refractivity contribution in [2.75, 3.05) is 0 Å². The van der Waals surface area contributed by atoms with Crippen LogP contribution in [0.5, 0.6) is 0 Å². The summed E-state index contributed by atoms with van der Waals surface area (Å²) >= 11 is 0. The van der Waals surface area contributed by atoms with Crippen LogP contribution in [0.4, 0.5) is 0 Å². The third kappa shape index (κ3) is 1.87. The fourth-order valence-corrected chi connectivity index (χ4v) is 4.83. The standard InChI is InChI=1S/C19H26O4/c1-10(2)8-12-15(17(12,3)4)16(21)22-14-9-13(20)19(11-6-7-11)18(14,5)23-19/h8,11-12,14-15H,6-7,9H2,1-5H3. The third-order valence-corrected chi connectivity index (χ3v) is 6.56. The van der Waals surface area contributed by atoms with Crippen molar-refractivity contribution in [1.29, 1.82) is 0 Å². The highest BCUT2D eigenvalue weighted by atomic mass is 16.7. The van der Waals surface area contributed by atoms with Crippen molar-refractivity contribution >= 4 is 11.8 Å². The lowest BCUT2D eigenvalue weighted by Crippen LogP contribution is -2.33. The van der Waals surface area contributed by atoms with Gasteiger partial charge in [0.25, 0.3) is 0 Å². The highest BCUT2D eigenvalue weighted by Gasteiger charge is 2.84. The largest absolute Gasteiger partial charge is 0.458 e. The van der Waals surface area contributed by atoms with Gasteiger partial charge in [0.05, 0.1) is 5.92 Å². The molecule has 0 aromatic carbocycles. The predicted octanol–water partition coefficient (Wildman–Crippen LogP) is 3.05. The van der Waals surface area contributed by atoms with Crippen molar-refractivity contribution in [3.8, 4) is 0 Å². The van der Waals surface area contributed by atoms with E-state index in [0.29, 0.717) is 12.3 Å². The number of fused-ring (bicyclic) bond motifs is 1. The number of Topliss-reactive ketones (excluding diaryl/α,β-unsaturated/α-hetero) is 1. The van der Waals surface area contributed by atoms with Gasteiger partial charge in [-0.25, -0.2) is 0 Å². The molecule has 3 aliphatic carbocycles. The first-order valence-electron chi connectivity index (χ1n) is 8.73. The van der Waals surface area contributed by atoms with E-state index in [-0.39, 0.29) is 29.0 Å². The number of carbonyl (C=O) groups excluding carboxylic acids is 2. The molecular formula is C19H26O4. The Morgan fingerprint density at radius 3 is 2.43 bits per heavy atom. The molecule has 4 nitrogen and oxygen atoms in total. The van der Waals surface area contributed by atoms with Crippen LogP contribution in [0.2, 0.25) is 0 Å². The van der Waals surface area contributed by atoms with Crippen LogP contribution in [0, 0.1) is 23.2 Å². The molecule has 0 spiro atoms. The Bertz CT molecular complexity index is 625. The summed E-state index contributed by atoms with van der Waals surface area (Å²) in [5.41, 5.74) is -0.0438. The summed E-state index contributed by atoms with van der Waals surface area (Å²) in [6, 6.07) is 0. The minimum Gasteiger partial charge on any atom is -0.458 e. The highest BCUT2D eigenvalue weighted by molar-refractivity contribution is 5.97. The Labute approximate surface area is 137 Å². The lowest BCUT2D eigenvalue weighted by molar-refractivity contribution is -0.155. The molecule has 5 atom stereocenters. The molecular weight excluding hydrogens is 292 g/mol. The fraction of sp³-hybridized carbons (Fsp3) is 0.789. The van der Waals surface area contributed by atoms with Crippen molar-refractivity contribution in [3.63, 3.8) is 0 Å². The molecule has 4 fully saturated rings. The Morgan fingerprint density at radius 1 is 1.26 bits per heavy atom. The van der Waals surface area contributed by atoms with Crippen LogP contribution >= 0.6 is 0 Å². The van der Waals surface area contributed by atoms with Crippen LogP contribution in [-0.2, 0) is 19.1 Å². The summed E-state index contributed by atoms with van der Waals surface area (Å²) in [5.74, 6) is 0.443. The summed E-state index contributed by atoms with van der Waals surface area (Å²) in [5, 5.41) is 0. The number of carbonyl (C=O) groups is 2. The summed E-state index contributed by atoms with van der Waals surface area (Å²) in [7, 11) is 0. The number of hydrogen-bond donors (Lipinski definition) is 0. The van der Waals surface area contributed by atoms with E-state index >= 15 is 0 Å². The quantitative estimate of drug-likeness (QED) is 0.454. The molecule has 5 unspecified atom stereocenters. The smallest absolute Gasteiger partial charge is 0.310 e. The van der Waals surface area contributed by atoms with E-state index in [2.05, 4.69) is 33.8 Å². The van der Waals surface area contributed by atoms with Gasteiger partial charge >= 0.3 is 5.97 Å². The number of epoxide rings is 1. The molecule has 0 bridgehead atoms. The van der Waals surface area contributed by atoms with Crippen LogP contribution in [0.1, 0.15) is 53.9 Å². The van der Waals surface area contributed by atoms with Crippen LogP contribution in [0.25, 0.3) is 0 Å². The zero-order valence-corrected chi connectivity index (χ0v) is 14.6. The maximum absolute atomic E-state index is 12.7. The minimum atomic E-state index is -0.629. The predicted molar refractivity (Wildman–Crippen MR) is 84.6 cm³/mol. The van der Waals surface area contributed by atoms with E-state index in [1.807, 2.05) is 6.92 Å². The molecule has 4 rings (SSSR count). The maximum atomic E-state index is 12.7. The third-order valence-electron chi connectivity index (χ3n) is 6.56. The second-order valence-electron chi connectivity index (χ2n) is 8.84. The monoisotopic (exact) mass is 318 g/mol. The molecule has 1 aliphatic heterocycles. The molecule has 0 aromatic rings. The number of allylic oxidation sites excluding steroid dienone is 2. The zero-order valence-electron chi connectivity index (χ0n) is 14.6. The Hall–Kier alpha value is -1.16. The lowest BCUT2D eigenvalue weighted by Gasteiger charge is -2.17. The van der Waals surface area contributed by atoms with Gasteiger partial charge in [0, 0.05) is 6.42 Å². The molecule has 0 radical (unpaired) electrons. The highest BCUT2D eigenvalue weighted by Crippen LogP contribution is 2.68. The van der Waals surface area contributed by atoms with Crippen LogP contribution < -0.4 is 0 Å². The van der Waals surface area contributed by atoms with Gasteiger partial charge < -0.3 is 9.47 Å².